The molecule has 0 saturated carbocycles. The van der Waals surface area contributed by atoms with Crippen molar-refractivity contribution >= 4 is 51.3 Å². The van der Waals surface area contributed by atoms with Gasteiger partial charge in [0.15, 0.2) is 0 Å². The zero-order valence-electron chi connectivity index (χ0n) is 8.37. The van der Waals surface area contributed by atoms with Crippen molar-refractivity contribution in [3.63, 3.8) is 0 Å². The molecule has 0 fully saturated rings. The predicted octanol–water partition coefficient (Wildman–Crippen LogP) is 4.27. The van der Waals surface area contributed by atoms with Crippen LogP contribution in [0.3, 0.4) is 0 Å². The number of nitrogen functional groups attached to an aromatic ring is 1. The highest BCUT2D eigenvalue weighted by Gasteiger charge is 2.02. The van der Waals surface area contributed by atoms with Crippen molar-refractivity contribution in [2.75, 3.05) is 11.1 Å². The summed E-state index contributed by atoms with van der Waals surface area (Å²) in [6.45, 7) is 0. The number of halogens is 2. The minimum atomic E-state index is 0.565. The first-order chi connectivity index (χ1) is 7.66. The Balaban J connectivity index is 2.31. The second-order valence-corrected chi connectivity index (χ2v) is 4.99. The molecule has 2 aromatic rings. The smallest absolute Gasteiger partial charge is 0.0742 e. The van der Waals surface area contributed by atoms with E-state index in [0.29, 0.717) is 10.7 Å². The summed E-state index contributed by atoms with van der Waals surface area (Å²) in [4.78, 5) is 0. The lowest BCUT2D eigenvalue weighted by atomic mass is 10.2. The molecule has 0 radical (unpaired) electrons. The van der Waals surface area contributed by atoms with Crippen LogP contribution in [0.1, 0.15) is 0 Å². The summed E-state index contributed by atoms with van der Waals surface area (Å²) < 4.78 is 1.17. The van der Waals surface area contributed by atoms with Crippen LogP contribution in [0.2, 0.25) is 5.02 Å². The van der Waals surface area contributed by atoms with Crippen LogP contribution in [0.15, 0.2) is 42.5 Å². The monoisotopic (exact) mass is 344 g/mol. The van der Waals surface area contributed by atoms with Crippen molar-refractivity contribution in [3.05, 3.63) is 51.1 Å². The van der Waals surface area contributed by atoms with Crippen LogP contribution in [0.25, 0.3) is 0 Å². The third-order valence-electron chi connectivity index (χ3n) is 2.16. The molecule has 2 nitrogen and oxygen atoms in total. The fraction of sp³-hybridized carbons (Fsp3) is 0. The summed E-state index contributed by atoms with van der Waals surface area (Å²) in [5.74, 6) is 0. The van der Waals surface area contributed by atoms with Gasteiger partial charge in [-0.2, -0.15) is 0 Å². The molecule has 0 aliphatic heterocycles. The van der Waals surface area contributed by atoms with E-state index in [2.05, 4.69) is 27.9 Å². The molecule has 0 unspecified atom stereocenters. The lowest BCUT2D eigenvalue weighted by molar-refractivity contribution is 1.53. The zero-order chi connectivity index (χ0) is 11.5. The van der Waals surface area contributed by atoms with E-state index >= 15 is 0 Å². The highest BCUT2D eigenvalue weighted by atomic mass is 127. The minimum absolute atomic E-state index is 0.565. The van der Waals surface area contributed by atoms with Crippen LogP contribution in [0.5, 0.6) is 0 Å². The van der Waals surface area contributed by atoms with Gasteiger partial charge in [-0.15, -0.1) is 0 Å². The molecule has 0 saturated heterocycles. The molecule has 3 N–H and O–H groups in total. The Morgan fingerprint density at radius 2 is 1.88 bits per heavy atom. The van der Waals surface area contributed by atoms with Crippen molar-refractivity contribution in [2.24, 2.45) is 0 Å². The highest BCUT2D eigenvalue weighted by molar-refractivity contribution is 14.1. The van der Waals surface area contributed by atoms with Gasteiger partial charge in [-0.3, -0.25) is 0 Å². The van der Waals surface area contributed by atoms with Crippen LogP contribution in [0, 0.1) is 3.57 Å². The molecule has 82 valence electrons. The largest absolute Gasteiger partial charge is 0.396 e. The number of hydrogen-bond acceptors (Lipinski definition) is 2. The third kappa shape index (κ3) is 2.59. The molecule has 0 bridgehead atoms. The average Bonchev–Trinajstić information content (AvgIpc) is 2.25. The van der Waals surface area contributed by atoms with Gasteiger partial charge in [-0.1, -0.05) is 23.7 Å². The quantitative estimate of drug-likeness (QED) is 0.631. The van der Waals surface area contributed by atoms with Crippen LogP contribution in [-0.4, -0.2) is 0 Å². The van der Waals surface area contributed by atoms with Crippen LogP contribution in [-0.2, 0) is 0 Å². The predicted molar refractivity (Wildman–Crippen MR) is 78.3 cm³/mol. The maximum absolute atomic E-state index is 5.94. The van der Waals surface area contributed by atoms with Gasteiger partial charge in [0.1, 0.15) is 0 Å². The highest BCUT2D eigenvalue weighted by Crippen LogP contribution is 2.29. The fourth-order valence-corrected chi connectivity index (χ4v) is 2.09. The molecule has 4 heteroatoms. The van der Waals surface area contributed by atoms with Gasteiger partial charge >= 0.3 is 0 Å². The first-order valence-corrected chi connectivity index (χ1v) is 6.19. The Hall–Kier alpha value is -0.940. The Labute approximate surface area is 113 Å². The fourth-order valence-electron chi connectivity index (χ4n) is 1.37. The maximum Gasteiger partial charge on any atom is 0.0742 e. The Morgan fingerprint density at radius 1 is 1.12 bits per heavy atom. The van der Waals surface area contributed by atoms with Crippen molar-refractivity contribution in [2.45, 2.75) is 0 Å². The summed E-state index contributed by atoms with van der Waals surface area (Å²) in [5.41, 5.74) is 8.27. The first kappa shape index (κ1) is 11.5. The summed E-state index contributed by atoms with van der Waals surface area (Å²) in [6, 6.07) is 13.6. The summed E-state index contributed by atoms with van der Waals surface area (Å²) in [7, 11) is 0. The number of nitrogens with one attached hydrogen (secondary N) is 1. The second kappa shape index (κ2) is 4.93. The molecule has 0 heterocycles. The Bertz CT molecular complexity index is 514. The van der Waals surface area contributed by atoms with E-state index in [0.717, 1.165) is 11.4 Å². The van der Waals surface area contributed by atoms with Crippen molar-refractivity contribution < 1.29 is 0 Å². The molecule has 0 atom stereocenters. The number of anilines is 3. The number of benzene rings is 2. The standard InChI is InChI=1S/C12H10ClIN2/c13-10-5-2-6-11(12(10)15)16-9-4-1-3-8(14)7-9/h1-7,16H,15H2. The maximum atomic E-state index is 5.94. The lowest BCUT2D eigenvalue weighted by Crippen LogP contribution is -1.96. The van der Waals surface area contributed by atoms with E-state index in [9.17, 15) is 0 Å². The summed E-state index contributed by atoms with van der Waals surface area (Å²) >= 11 is 8.21. The van der Waals surface area contributed by atoms with Gasteiger partial charge in [0.2, 0.25) is 0 Å². The molecule has 0 amide bonds. The van der Waals surface area contributed by atoms with Gasteiger partial charge in [-0.05, 0) is 52.9 Å². The summed E-state index contributed by atoms with van der Waals surface area (Å²) in [6.07, 6.45) is 0. The van der Waals surface area contributed by atoms with Gasteiger partial charge in [0, 0.05) is 9.26 Å². The average molecular weight is 345 g/mol. The number of rotatable bonds is 2. The number of para-hydroxylation sites is 1. The molecule has 2 rings (SSSR count). The van der Waals surface area contributed by atoms with E-state index in [1.807, 2.05) is 36.4 Å². The number of nitrogens with two attached hydrogens (primary N) is 1. The van der Waals surface area contributed by atoms with E-state index < -0.39 is 0 Å². The van der Waals surface area contributed by atoms with E-state index in [1.165, 1.54) is 3.57 Å². The normalized spacial score (nSPS) is 10.1. The summed E-state index contributed by atoms with van der Waals surface area (Å²) in [5, 5.41) is 3.80. The first-order valence-electron chi connectivity index (χ1n) is 4.73. The SMILES string of the molecule is Nc1c(Cl)cccc1Nc1cccc(I)c1. The van der Waals surface area contributed by atoms with Crippen LogP contribution < -0.4 is 11.1 Å². The van der Waals surface area contributed by atoms with Crippen LogP contribution >= 0.6 is 34.2 Å². The van der Waals surface area contributed by atoms with Gasteiger partial charge in [-0.25, -0.2) is 0 Å². The topological polar surface area (TPSA) is 38.0 Å². The molecular weight excluding hydrogens is 335 g/mol. The third-order valence-corrected chi connectivity index (χ3v) is 3.16. The van der Waals surface area contributed by atoms with Crippen LogP contribution in [0.4, 0.5) is 17.1 Å². The van der Waals surface area contributed by atoms with Crippen molar-refractivity contribution in [1.29, 1.82) is 0 Å². The molecule has 0 aliphatic rings. The van der Waals surface area contributed by atoms with Crippen molar-refractivity contribution in [3.8, 4) is 0 Å². The second-order valence-electron chi connectivity index (χ2n) is 3.34. The molecular formula is C12H10ClIN2. The van der Waals surface area contributed by atoms with E-state index in [4.69, 9.17) is 17.3 Å². The molecule has 2 aromatic carbocycles. The van der Waals surface area contributed by atoms with Gasteiger partial charge < -0.3 is 11.1 Å². The Morgan fingerprint density at radius 3 is 2.62 bits per heavy atom. The van der Waals surface area contributed by atoms with Crippen molar-refractivity contribution in [1.82, 2.24) is 0 Å². The van der Waals surface area contributed by atoms with Gasteiger partial charge in [0.05, 0.1) is 16.4 Å². The van der Waals surface area contributed by atoms with E-state index in [1.54, 1.807) is 6.07 Å². The Kier molecular flexibility index (Phi) is 3.56. The lowest BCUT2D eigenvalue weighted by Gasteiger charge is -2.10. The minimum Gasteiger partial charge on any atom is -0.396 e. The van der Waals surface area contributed by atoms with E-state index in [-0.39, 0.29) is 0 Å². The van der Waals surface area contributed by atoms with Gasteiger partial charge in [0.25, 0.3) is 0 Å². The molecule has 0 aromatic heterocycles. The molecule has 16 heavy (non-hydrogen) atoms. The molecule has 0 spiro atoms. The number of hydrogen-bond donors (Lipinski definition) is 2. The zero-order valence-corrected chi connectivity index (χ0v) is 11.3. The molecule has 0 aliphatic carbocycles.